The van der Waals surface area contributed by atoms with Gasteiger partial charge in [0, 0.05) is 30.4 Å². The predicted octanol–water partition coefficient (Wildman–Crippen LogP) is 3.87. The molecule has 2 aromatic carbocycles. The van der Waals surface area contributed by atoms with Crippen LogP contribution in [0.2, 0.25) is 0 Å². The second kappa shape index (κ2) is 7.49. The van der Waals surface area contributed by atoms with Crippen molar-refractivity contribution in [2.45, 2.75) is 38.8 Å². The molecule has 1 atom stereocenters. The zero-order chi connectivity index (χ0) is 16.9. The molecule has 2 N–H and O–H groups in total. The number of aliphatic hydroxyl groups excluding tert-OH is 1. The lowest BCUT2D eigenvalue weighted by atomic mass is 10.0. The zero-order valence-electron chi connectivity index (χ0n) is 14.0. The lowest BCUT2D eigenvalue weighted by Gasteiger charge is -2.27. The molecule has 0 aliphatic carbocycles. The first-order valence-corrected chi connectivity index (χ1v) is 8.54. The van der Waals surface area contributed by atoms with Gasteiger partial charge >= 0.3 is 0 Å². The summed E-state index contributed by atoms with van der Waals surface area (Å²) in [4.78, 5) is 14.0. The fourth-order valence-corrected chi connectivity index (χ4v) is 3.14. The highest BCUT2D eigenvalue weighted by molar-refractivity contribution is 5.94. The van der Waals surface area contributed by atoms with E-state index >= 15 is 0 Å². The largest absolute Gasteiger partial charge is 0.392 e. The number of benzene rings is 2. The first-order chi connectivity index (χ1) is 11.7. The van der Waals surface area contributed by atoms with E-state index in [1.807, 2.05) is 47.4 Å². The third-order valence-electron chi connectivity index (χ3n) is 4.50. The van der Waals surface area contributed by atoms with Crippen LogP contribution in [0.3, 0.4) is 0 Å². The van der Waals surface area contributed by atoms with E-state index in [9.17, 15) is 9.90 Å². The fraction of sp³-hybridized carbons (Fsp3) is 0.350. The van der Waals surface area contributed by atoms with Gasteiger partial charge in [-0.05, 0) is 49.1 Å². The van der Waals surface area contributed by atoms with E-state index in [-0.39, 0.29) is 18.6 Å². The van der Waals surface area contributed by atoms with Crippen molar-refractivity contribution in [3.05, 3.63) is 59.7 Å². The Kier molecular flexibility index (Phi) is 5.16. The van der Waals surface area contributed by atoms with Crippen LogP contribution in [0, 0.1) is 0 Å². The van der Waals surface area contributed by atoms with Crippen molar-refractivity contribution >= 4 is 17.3 Å². The third-order valence-corrected chi connectivity index (χ3v) is 4.50. The summed E-state index contributed by atoms with van der Waals surface area (Å²) in [6.45, 7) is 2.94. The Hall–Kier alpha value is -2.33. The number of piperidine rings is 1. The van der Waals surface area contributed by atoms with Crippen LogP contribution in [-0.2, 0) is 11.4 Å². The molecule has 0 radical (unpaired) electrons. The molecule has 0 spiro atoms. The van der Waals surface area contributed by atoms with Crippen LogP contribution in [0.5, 0.6) is 0 Å². The van der Waals surface area contributed by atoms with Crippen LogP contribution in [0.25, 0.3) is 0 Å². The minimum atomic E-state index is 0.0487. The SMILES string of the molecule is CC(Nc1cccc(N2CCCCC2=O)c1)c1cccc(CO)c1. The smallest absolute Gasteiger partial charge is 0.226 e. The Bertz CT molecular complexity index is 714. The molecule has 1 heterocycles. The molecule has 0 aromatic heterocycles. The van der Waals surface area contributed by atoms with Crippen LogP contribution < -0.4 is 10.2 Å². The van der Waals surface area contributed by atoms with E-state index in [1.54, 1.807) is 0 Å². The minimum Gasteiger partial charge on any atom is -0.392 e. The van der Waals surface area contributed by atoms with Gasteiger partial charge in [-0.2, -0.15) is 0 Å². The average molecular weight is 324 g/mol. The van der Waals surface area contributed by atoms with Crippen molar-refractivity contribution in [1.29, 1.82) is 0 Å². The van der Waals surface area contributed by atoms with Crippen molar-refractivity contribution in [2.75, 3.05) is 16.8 Å². The molecular formula is C20H24N2O2. The molecule has 126 valence electrons. The first kappa shape index (κ1) is 16.5. The number of amides is 1. The van der Waals surface area contributed by atoms with Gasteiger partial charge in [0.1, 0.15) is 0 Å². The highest BCUT2D eigenvalue weighted by Crippen LogP contribution is 2.26. The van der Waals surface area contributed by atoms with Crippen molar-refractivity contribution in [1.82, 2.24) is 0 Å². The average Bonchev–Trinajstić information content (AvgIpc) is 2.62. The lowest BCUT2D eigenvalue weighted by Crippen LogP contribution is -2.35. The van der Waals surface area contributed by atoms with Crippen molar-refractivity contribution in [3.8, 4) is 0 Å². The first-order valence-electron chi connectivity index (χ1n) is 8.54. The molecule has 1 aliphatic heterocycles. The maximum absolute atomic E-state index is 12.1. The van der Waals surface area contributed by atoms with Crippen LogP contribution in [-0.4, -0.2) is 17.6 Å². The fourth-order valence-electron chi connectivity index (χ4n) is 3.14. The quantitative estimate of drug-likeness (QED) is 0.878. The van der Waals surface area contributed by atoms with E-state index in [0.29, 0.717) is 6.42 Å². The Morgan fingerprint density at radius 2 is 2.00 bits per heavy atom. The van der Waals surface area contributed by atoms with Gasteiger partial charge in [0.15, 0.2) is 0 Å². The standard InChI is InChI=1S/C20H24N2O2/c1-15(17-7-4-6-16(12-17)14-23)21-18-8-5-9-19(13-18)22-11-3-2-10-20(22)24/h4-9,12-13,15,21,23H,2-3,10-11,14H2,1H3. The van der Waals surface area contributed by atoms with Crippen LogP contribution in [0.4, 0.5) is 11.4 Å². The van der Waals surface area contributed by atoms with E-state index < -0.39 is 0 Å². The molecule has 3 rings (SSSR count). The summed E-state index contributed by atoms with van der Waals surface area (Å²) in [6.07, 6.45) is 2.70. The number of hydrogen-bond acceptors (Lipinski definition) is 3. The summed E-state index contributed by atoms with van der Waals surface area (Å²) in [5, 5.41) is 12.8. The second-order valence-electron chi connectivity index (χ2n) is 6.32. The molecule has 0 saturated carbocycles. The topological polar surface area (TPSA) is 52.6 Å². The van der Waals surface area contributed by atoms with Gasteiger partial charge in [-0.1, -0.05) is 30.3 Å². The molecule has 2 aromatic rings. The molecular weight excluding hydrogens is 300 g/mol. The highest BCUT2D eigenvalue weighted by Gasteiger charge is 2.19. The van der Waals surface area contributed by atoms with Gasteiger partial charge in [0.25, 0.3) is 0 Å². The van der Waals surface area contributed by atoms with Crippen molar-refractivity contribution < 1.29 is 9.90 Å². The molecule has 4 heteroatoms. The van der Waals surface area contributed by atoms with Crippen LogP contribution in [0.1, 0.15) is 43.4 Å². The molecule has 1 fully saturated rings. The summed E-state index contributed by atoms with van der Waals surface area (Å²) in [5.74, 6) is 0.210. The molecule has 1 saturated heterocycles. The maximum atomic E-state index is 12.1. The molecule has 1 amide bonds. The molecule has 1 aliphatic rings. The van der Waals surface area contributed by atoms with Gasteiger partial charge in [-0.3, -0.25) is 4.79 Å². The van der Waals surface area contributed by atoms with Gasteiger partial charge < -0.3 is 15.3 Å². The molecule has 24 heavy (non-hydrogen) atoms. The van der Waals surface area contributed by atoms with Crippen LogP contribution >= 0.6 is 0 Å². The second-order valence-corrected chi connectivity index (χ2v) is 6.32. The summed E-state index contributed by atoms with van der Waals surface area (Å²) >= 11 is 0. The monoisotopic (exact) mass is 324 g/mol. The normalized spacial score (nSPS) is 16.1. The Morgan fingerprint density at radius 3 is 2.79 bits per heavy atom. The predicted molar refractivity (Wildman–Crippen MR) is 97.0 cm³/mol. The number of nitrogens with one attached hydrogen (secondary N) is 1. The zero-order valence-corrected chi connectivity index (χ0v) is 14.0. The Balaban J connectivity index is 1.75. The summed E-state index contributed by atoms with van der Waals surface area (Å²) in [6, 6.07) is 16.1. The Morgan fingerprint density at radius 1 is 1.17 bits per heavy atom. The van der Waals surface area contributed by atoms with E-state index in [1.165, 1.54) is 0 Å². The highest BCUT2D eigenvalue weighted by atomic mass is 16.3. The number of carbonyl (C=O) groups is 1. The number of aliphatic hydroxyl groups is 1. The van der Waals surface area contributed by atoms with E-state index in [4.69, 9.17) is 0 Å². The van der Waals surface area contributed by atoms with E-state index in [2.05, 4.69) is 18.3 Å². The Labute approximate surface area is 143 Å². The van der Waals surface area contributed by atoms with Gasteiger partial charge in [0.2, 0.25) is 5.91 Å². The van der Waals surface area contributed by atoms with Gasteiger partial charge in [-0.25, -0.2) is 0 Å². The number of nitrogens with zero attached hydrogens (tertiary/aromatic N) is 1. The van der Waals surface area contributed by atoms with Crippen molar-refractivity contribution in [2.24, 2.45) is 0 Å². The number of hydrogen-bond donors (Lipinski definition) is 2. The number of carbonyl (C=O) groups excluding carboxylic acids is 1. The summed E-state index contributed by atoms with van der Waals surface area (Å²) < 4.78 is 0. The molecule has 4 nitrogen and oxygen atoms in total. The molecule has 0 bridgehead atoms. The number of anilines is 2. The third kappa shape index (κ3) is 3.77. The summed E-state index contributed by atoms with van der Waals surface area (Å²) in [7, 11) is 0. The number of rotatable bonds is 5. The van der Waals surface area contributed by atoms with E-state index in [0.717, 1.165) is 41.9 Å². The van der Waals surface area contributed by atoms with Crippen LogP contribution in [0.15, 0.2) is 48.5 Å². The lowest BCUT2D eigenvalue weighted by molar-refractivity contribution is -0.119. The van der Waals surface area contributed by atoms with Crippen molar-refractivity contribution in [3.63, 3.8) is 0 Å². The van der Waals surface area contributed by atoms with Gasteiger partial charge in [-0.15, -0.1) is 0 Å². The maximum Gasteiger partial charge on any atom is 0.226 e. The minimum absolute atomic E-state index is 0.0487. The molecule has 1 unspecified atom stereocenters. The van der Waals surface area contributed by atoms with Gasteiger partial charge in [0.05, 0.1) is 6.61 Å². The summed E-state index contributed by atoms with van der Waals surface area (Å²) in [5.41, 5.74) is 3.99.